The molecule has 244 valence electrons. The van der Waals surface area contributed by atoms with Crippen molar-refractivity contribution in [2.24, 2.45) is 11.6 Å². The van der Waals surface area contributed by atoms with Crippen LogP contribution in [-0.2, 0) is 19.4 Å². The number of hydrazine groups is 1. The molecule has 0 spiro atoms. The number of nitrogens with two attached hydrogens (primary N) is 2. The fraction of sp³-hybridized carbons (Fsp3) is 0.464. The quantitative estimate of drug-likeness (QED) is 0.0383. The molecule has 0 amide bonds. The Morgan fingerprint density at radius 2 is 1.52 bits per heavy atom. The van der Waals surface area contributed by atoms with Gasteiger partial charge in [0.25, 0.3) is 0 Å². The Balaban J connectivity index is 0.000000257. The zero-order valence-electron chi connectivity index (χ0n) is 23.7. The lowest BCUT2D eigenvalue weighted by Gasteiger charge is -2.33. The Kier molecular flexibility index (Phi) is 15.3. The molecule has 2 aliphatic rings. The van der Waals surface area contributed by atoms with E-state index in [1.807, 2.05) is 48.5 Å². The molecule has 3 aromatic rings. The minimum absolute atomic E-state index is 0. The van der Waals surface area contributed by atoms with Crippen LogP contribution in [0.5, 0.6) is 0 Å². The Hall–Kier alpha value is -1.08. The number of nitrogens with one attached hydrogen (secondary N) is 2. The predicted octanol–water partition coefficient (Wildman–Crippen LogP) is -0.613. The van der Waals surface area contributed by atoms with Crippen molar-refractivity contribution in [1.82, 2.24) is 20.2 Å². The zero-order chi connectivity index (χ0) is 31.7. The van der Waals surface area contributed by atoms with Crippen molar-refractivity contribution in [3.63, 3.8) is 0 Å². The highest BCUT2D eigenvalue weighted by atomic mass is 35.5. The topological polar surface area (TPSA) is 149 Å². The molecule has 0 radical (unpaired) electrons. The van der Waals surface area contributed by atoms with E-state index in [0.29, 0.717) is 29.4 Å². The molecule has 2 fully saturated rings. The highest BCUT2D eigenvalue weighted by molar-refractivity contribution is 6.42. The van der Waals surface area contributed by atoms with Gasteiger partial charge in [-0.1, -0.05) is 82.8 Å². The van der Waals surface area contributed by atoms with Crippen LogP contribution in [0, 0.1) is 11.6 Å². The van der Waals surface area contributed by atoms with E-state index in [9.17, 15) is 10.2 Å². The first-order valence-electron chi connectivity index (χ1n) is 13.4. The SMILES string of the molecule is NC=[NH+]C(Cl)Cl.NNCC(O)(Cc1ccccc1Cl)C1([ClH+])CC1.OC(Cc1ccccc1Cl)(Cn1cncn1)C1(Cl)CC1.[Cl-]. The van der Waals surface area contributed by atoms with E-state index in [0.717, 1.165) is 36.8 Å². The van der Waals surface area contributed by atoms with Crippen molar-refractivity contribution in [3.05, 3.63) is 82.4 Å². The third-order valence-corrected chi connectivity index (χ3v) is 9.97. The van der Waals surface area contributed by atoms with Gasteiger partial charge in [0.15, 0.2) is 0 Å². The molecule has 1 heterocycles. The molecule has 0 bridgehead atoms. The van der Waals surface area contributed by atoms with Gasteiger partial charge >= 0.3 is 0 Å². The number of rotatable bonds is 11. The monoisotopic (exact) mass is 748 g/mol. The Morgan fingerprint density at radius 3 is 1.89 bits per heavy atom. The molecule has 2 unspecified atom stereocenters. The maximum Gasteiger partial charge on any atom is 0.243 e. The van der Waals surface area contributed by atoms with Crippen LogP contribution in [0.2, 0.25) is 10.0 Å². The summed E-state index contributed by atoms with van der Waals surface area (Å²) in [6.07, 6.45) is 8.34. The molecular formula is C28H37Cl7N7O2+. The first kappa shape index (κ1) is 39.1. The highest BCUT2D eigenvalue weighted by Gasteiger charge is 2.65. The van der Waals surface area contributed by atoms with E-state index in [1.54, 1.807) is 11.0 Å². The van der Waals surface area contributed by atoms with Crippen molar-refractivity contribution < 1.29 is 39.2 Å². The molecule has 8 N–H and O–H groups in total. The minimum atomic E-state index is -1.09. The molecule has 5 rings (SSSR count). The van der Waals surface area contributed by atoms with Gasteiger partial charge in [0.2, 0.25) is 16.2 Å². The van der Waals surface area contributed by atoms with Gasteiger partial charge in [-0.2, -0.15) is 5.10 Å². The van der Waals surface area contributed by atoms with E-state index < -0.39 is 25.9 Å². The molecule has 16 heteroatoms. The Morgan fingerprint density at radius 1 is 1.00 bits per heavy atom. The van der Waals surface area contributed by atoms with Crippen LogP contribution in [-0.4, -0.2) is 63.8 Å². The van der Waals surface area contributed by atoms with Crippen LogP contribution in [0.1, 0.15) is 36.8 Å². The van der Waals surface area contributed by atoms with Crippen molar-refractivity contribution >= 4 is 64.3 Å². The third kappa shape index (κ3) is 10.7. The summed E-state index contributed by atoms with van der Waals surface area (Å²) in [4.78, 5) is 4.65. The molecule has 9 nitrogen and oxygen atoms in total. The summed E-state index contributed by atoms with van der Waals surface area (Å²) in [7, 11) is 0. The third-order valence-electron chi connectivity index (χ3n) is 7.46. The van der Waals surface area contributed by atoms with Crippen molar-refractivity contribution in [1.29, 1.82) is 0 Å². The van der Waals surface area contributed by atoms with E-state index in [-0.39, 0.29) is 19.0 Å². The zero-order valence-corrected chi connectivity index (χ0v) is 29.0. The molecule has 0 saturated heterocycles. The number of nitrogens with zero attached hydrogens (tertiary/aromatic N) is 3. The molecular weight excluding hydrogens is 715 g/mol. The van der Waals surface area contributed by atoms with Gasteiger partial charge in [-0.15, -0.1) is 11.6 Å². The second kappa shape index (κ2) is 17.2. The smallest absolute Gasteiger partial charge is 0.243 e. The van der Waals surface area contributed by atoms with Crippen LogP contribution in [0.25, 0.3) is 0 Å². The van der Waals surface area contributed by atoms with Gasteiger partial charge in [-0.25, -0.2) is 9.67 Å². The van der Waals surface area contributed by atoms with E-state index in [1.165, 1.54) is 12.7 Å². The normalized spacial score (nSPS) is 18.5. The molecule has 2 aromatic carbocycles. The average Bonchev–Trinajstić information content (AvgIpc) is 3.84. The van der Waals surface area contributed by atoms with E-state index >= 15 is 0 Å². The number of aromatic nitrogens is 3. The lowest BCUT2D eigenvalue weighted by molar-refractivity contribution is -0.473. The summed E-state index contributed by atoms with van der Waals surface area (Å²) >= 11 is 34.5. The summed E-state index contributed by atoms with van der Waals surface area (Å²) in [5, 5.41) is 27.1. The fourth-order valence-corrected chi connectivity index (χ4v) is 5.65. The van der Waals surface area contributed by atoms with Crippen molar-refractivity contribution in [2.45, 2.75) is 71.0 Å². The summed E-state index contributed by atoms with van der Waals surface area (Å²) in [6, 6.07) is 15.0. The Bertz CT molecular complexity index is 1330. The second-order valence-corrected chi connectivity index (χ2v) is 14.1. The summed E-state index contributed by atoms with van der Waals surface area (Å²) in [5.41, 5.74) is 7.06. The van der Waals surface area contributed by atoms with Crippen LogP contribution in [0.15, 0.2) is 61.2 Å². The number of halogens is 7. The fourth-order valence-electron chi connectivity index (χ4n) is 4.63. The van der Waals surface area contributed by atoms with Gasteiger partial charge in [-0.3, -0.25) is 22.0 Å². The highest BCUT2D eigenvalue weighted by Crippen LogP contribution is 2.53. The van der Waals surface area contributed by atoms with Crippen LogP contribution in [0.3, 0.4) is 0 Å². The lowest BCUT2D eigenvalue weighted by Crippen LogP contribution is -3.00. The van der Waals surface area contributed by atoms with Gasteiger partial charge in [0, 0.05) is 42.3 Å². The van der Waals surface area contributed by atoms with Crippen LogP contribution < -0.4 is 34.4 Å². The number of hydrogen-bond donors (Lipinski definition) is 6. The van der Waals surface area contributed by atoms with Gasteiger partial charge in [0.05, 0.1) is 11.4 Å². The average molecular weight is 752 g/mol. The van der Waals surface area contributed by atoms with Crippen LogP contribution >= 0.6 is 58.0 Å². The summed E-state index contributed by atoms with van der Waals surface area (Å²) < 4.78 is 1.61. The number of benzene rings is 2. The van der Waals surface area contributed by atoms with Crippen molar-refractivity contribution in [2.75, 3.05) is 6.54 Å². The van der Waals surface area contributed by atoms with Gasteiger partial charge in [0.1, 0.15) is 35.5 Å². The summed E-state index contributed by atoms with van der Waals surface area (Å²) in [5.74, 6) is 5.34. The molecule has 44 heavy (non-hydrogen) atoms. The molecule has 0 aliphatic heterocycles. The second-order valence-electron chi connectivity index (χ2n) is 10.7. The van der Waals surface area contributed by atoms with Gasteiger partial charge in [-0.05, 0) is 36.1 Å². The summed E-state index contributed by atoms with van der Waals surface area (Å²) in [6.45, 7) is 0.587. The molecule has 2 atom stereocenters. The first-order valence-corrected chi connectivity index (χ1v) is 15.9. The number of alkyl halides is 4. The molecule has 2 aliphatic carbocycles. The minimum Gasteiger partial charge on any atom is -1.00 e. The first-order chi connectivity index (χ1) is 20.3. The molecule has 1 aromatic heterocycles. The van der Waals surface area contributed by atoms with Gasteiger partial charge < -0.3 is 22.6 Å². The largest absolute Gasteiger partial charge is 1.00 e. The lowest BCUT2D eigenvalue weighted by atomic mass is 9.89. The standard InChI is InChI=1S/C14H15Cl2N3O.C12H17Cl2N2O.C2H4Cl2N2.ClH/c15-12-4-2-1-3-11(12)7-14(20,13(16)5-6-13)8-19-10-17-9-18-19;13-10-4-2-1-3-9(10)7-12(17,8-16-15)11(14)5-6-11;3-2(4)6-1-5;/h1-4,9-10,20H,5-8H2;1-4,14,16-17H,5-8,15H2;1-2H,(H2,5,6);1H/q;+1;;. The maximum atomic E-state index is 11.1. The van der Waals surface area contributed by atoms with Crippen molar-refractivity contribution in [3.8, 4) is 0 Å². The Labute approximate surface area is 293 Å². The maximum absolute atomic E-state index is 11.1. The predicted molar refractivity (Wildman–Crippen MR) is 170 cm³/mol. The molecule has 2 saturated carbocycles. The number of aliphatic hydroxyl groups is 2. The number of hydrogen-bond acceptors (Lipinski definition) is 6. The van der Waals surface area contributed by atoms with E-state index in [2.05, 4.69) is 20.5 Å². The van der Waals surface area contributed by atoms with E-state index in [4.69, 9.17) is 81.2 Å². The van der Waals surface area contributed by atoms with Crippen LogP contribution in [0.4, 0.5) is 0 Å².